The lowest BCUT2D eigenvalue weighted by molar-refractivity contribution is 0.553. The molecular weight excluding hydrogens is 456 g/mol. The van der Waals surface area contributed by atoms with Crippen molar-refractivity contribution >= 4 is 0 Å². The molecule has 0 unspecified atom stereocenters. The zero-order valence-corrected chi connectivity index (χ0v) is 25.2. The molecule has 0 N–H and O–H groups in total. The van der Waals surface area contributed by atoms with Gasteiger partial charge in [0.2, 0.25) is 0 Å². The third-order valence-electron chi connectivity index (χ3n) is 7.97. The van der Waals surface area contributed by atoms with E-state index in [0.29, 0.717) is 0 Å². The van der Waals surface area contributed by atoms with Crippen molar-refractivity contribution < 1.29 is 0 Å². The van der Waals surface area contributed by atoms with Crippen LogP contribution in [0.4, 0.5) is 0 Å². The van der Waals surface area contributed by atoms with E-state index in [4.69, 9.17) is 0 Å². The monoisotopic (exact) mass is 514 g/mol. The van der Waals surface area contributed by atoms with Crippen LogP contribution in [-0.2, 0) is 12.8 Å². The highest BCUT2D eigenvalue weighted by Crippen LogP contribution is 2.22. The van der Waals surface area contributed by atoms with Crippen molar-refractivity contribution in [3.05, 3.63) is 70.8 Å². The second kappa shape index (κ2) is 22.9. The first-order chi connectivity index (χ1) is 18.8. The molecule has 2 aromatic rings. The van der Waals surface area contributed by atoms with E-state index in [1.807, 2.05) is 0 Å². The van der Waals surface area contributed by atoms with Crippen LogP contribution in [0.5, 0.6) is 0 Å². The second-order valence-corrected chi connectivity index (χ2v) is 11.4. The van der Waals surface area contributed by atoms with Gasteiger partial charge in [0.1, 0.15) is 0 Å². The Morgan fingerprint density at radius 2 is 0.895 bits per heavy atom. The molecule has 0 aliphatic heterocycles. The van der Waals surface area contributed by atoms with Crippen molar-refractivity contribution in [1.29, 1.82) is 0 Å². The fourth-order valence-corrected chi connectivity index (χ4v) is 5.53. The third-order valence-corrected chi connectivity index (χ3v) is 7.97. The first-order valence-electron chi connectivity index (χ1n) is 16.5. The second-order valence-electron chi connectivity index (χ2n) is 11.4. The Bertz CT molecular complexity index is 866. The molecule has 2 rings (SSSR count). The Labute approximate surface area is 237 Å². The molecule has 0 aliphatic carbocycles. The van der Waals surface area contributed by atoms with Gasteiger partial charge in [-0.3, -0.25) is 0 Å². The van der Waals surface area contributed by atoms with Crippen molar-refractivity contribution in [2.24, 2.45) is 0 Å². The topological polar surface area (TPSA) is 0 Å². The summed E-state index contributed by atoms with van der Waals surface area (Å²) in [6, 6.07) is 17.3. The predicted molar refractivity (Wildman–Crippen MR) is 170 cm³/mol. The van der Waals surface area contributed by atoms with Crippen LogP contribution in [0.1, 0.15) is 165 Å². The van der Waals surface area contributed by atoms with Gasteiger partial charge in [0.05, 0.1) is 0 Å². The number of aryl methyl sites for hydroxylation is 1. The number of unbranched alkanes of at least 4 members (excludes halogenated alkanes) is 18. The quantitative estimate of drug-likeness (QED) is 0.108. The summed E-state index contributed by atoms with van der Waals surface area (Å²) >= 11 is 0. The molecule has 0 spiro atoms. The number of hydrogen-bond acceptors (Lipinski definition) is 0. The lowest BCUT2D eigenvalue weighted by atomic mass is 9.92. The third kappa shape index (κ3) is 15.4. The summed E-state index contributed by atoms with van der Waals surface area (Å²) < 4.78 is 0. The predicted octanol–water partition coefficient (Wildman–Crippen LogP) is 12.0. The van der Waals surface area contributed by atoms with Gasteiger partial charge in [0.25, 0.3) is 0 Å². The molecule has 0 nitrogen and oxygen atoms in total. The van der Waals surface area contributed by atoms with E-state index in [0.717, 1.165) is 5.56 Å². The minimum Gasteiger partial charge on any atom is -0.0654 e. The normalized spacial score (nSPS) is 10.9. The maximum atomic E-state index is 3.54. The molecule has 0 aliphatic rings. The SMILES string of the molecule is CCCCCCCCCCCCc1cccc(C#Cc2ccccc2)c1CCCCCCCCCCCC. The molecule has 0 fully saturated rings. The zero-order valence-electron chi connectivity index (χ0n) is 25.2. The Hall–Kier alpha value is -2.00. The van der Waals surface area contributed by atoms with E-state index in [2.05, 4.69) is 74.2 Å². The van der Waals surface area contributed by atoms with Gasteiger partial charge in [-0.1, -0.05) is 172 Å². The standard InChI is InChI=1S/C38H58/c1-3-5-7-9-11-13-15-17-19-24-29-36-30-26-31-37(34-33-35-27-22-21-23-28-35)38(36)32-25-20-18-16-14-12-10-8-6-4-2/h21-23,26-28,30-31H,3-20,24-25,29,32H2,1-2H3. The fraction of sp³-hybridized carbons (Fsp3) is 0.632. The molecule has 0 heterocycles. The molecular formula is C38H58. The van der Waals surface area contributed by atoms with E-state index >= 15 is 0 Å². The summed E-state index contributed by atoms with van der Waals surface area (Å²) in [6.45, 7) is 4.60. The van der Waals surface area contributed by atoms with Crippen LogP contribution in [0.2, 0.25) is 0 Å². The summed E-state index contributed by atoms with van der Waals surface area (Å²) in [7, 11) is 0. The summed E-state index contributed by atoms with van der Waals surface area (Å²) in [5.41, 5.74) is 5.46. The fourth-order valence-electron chi connectivity index (χ4n) is 5.53. The molecule has 0 amide bonds. The Balaban J connectivity index is 1.82. The average molecular weight is 515 g/mol. The van der Waals surface area contributed by atoms with E-state index < -0.39 is 0 Å². The first-order valence-corrected chi connectivity index (χ1v) is 16.5. The number of benzene rings is 2. The van der Waals surface area contributed by atoms with Gasteiger partial charge in [0, 0.05) is 11.1 Å². The van der Waals surface area contributed by atoms with E-state index in [9.17, 15) is 0 Å². The van der Waals surface area contributed by atoms with Crippen LogP contribution in [0, 0.1) is 11.8 Å². The summed E-state index contributed by atoms with van der Waals surface area (Å²) in [5, 5.41) is 0. The highest BCUT2D eigenvalue weighted by Gasteiger charge is 2.08. The van der Waals surface area contributed by atoms with Crippen LogP contribution in [-0.4, -0.2) is 0 Å². The lowest BCUT2D eigenvalue weighted by Gasteiger charge is -2.13. The van der Waals surface area contributed by atoms with Gasteiger partial charge in [-0.2, -0.15) is 0 Å². The maximum absolute atomic E-state index is 3.54. The molecule has 2 aromatic carbocycles. The Kier molecular flexibility index (Phi) is 19.4. The van der Waals surface area contributed by atoms with Crippen LogP contribution >= 0.6 is 0 Å². The molecule has 210 valence electrons. The summed E-state index contributed by atoms with van der Waals surface area (Å²) in [6.07, 6.45) is 30.3. The van der Waals surface area contributed by atoms with Crippen LogP contribution in [0.25, 0.3) is 0 Å². The molecule has 0 bridgehead atoms. The van der Waals surface area contributed by atoms with Crippen LogP contribution in [0.3, 0.4) is 0 Å². The average Bonchev–Trinajstić information content (AvgIpc) is 2.95. The Morgan fingerprint density at radius 1 is 0.421 bits per heavy atom. The maximum Gasteiger partial charge on any atom is 0.0283 e. The summed E-state index contributed by atoms with van der Waals surface area (Å²) in [5.74, 6) is 6.97. The van der Waals surface area contributed by atoms with Gasteiger partial charge >= 0.3 is 0 Å². The highest BCUT2D eigenvalue weighted by molar-refractivity contribution is 5.49. The molecule has 0 radical (unpaired) electrons. The van der Waals surface area contributed by atoms with Crippen molar-refractivity contribution in [2.75, 3.05) is 0 Å². The number of hydrogen-bond donors (Lipinski definition) is 0. The molecule has 0 heteroatoms. The van der Waals surface area contributed by atoms with Crippen molar-refractivity contribution in [1.82, 2.24) is 0 Å². The van der Waals surface area contributed by atoms with E-state index in [1.54, 1.807) is 5.56 Å². The van der Waals surface area contributed by atoms with Crippen LogP contribution in [0.15, 0.2) is 48.5 Å². The van der Waals surface area contributed by atoms with Gasteiger partial charge in [-0.05, 0) is 55.0 Å². The first kappa shape index (κ1) is 32.2. The van der Waals surface area contributed by atoms with Gasteiger partial charge < -0.3 is 0 Å². The highest BCUT2D eigenvalue weighted by atomic mass is 14.1. The lowest BCUT2D eigenvalue weighted by Crippen LogP contribution is -1.99. The van der Waals surface area contributed by atoms with Gasteiger partial charge in [0.15, 0.2) is 0 Å². The van der Waals surface area contributed by atoms with Crippen molar-refractivity contribution in [3.63, 3.8) is 0 Å². The van der Waals surface area contributed by atoms with Gasteiger partial charge in [-0.15, -0.1) is 0 Å². The smallest absolute Gasteiger partial charge is 0.0283 e. The largest absolute Gasteiger partial charge is 0.0654 e. The van der Waals surface area contributed by atoms with Crippen molar-refractivity contribution in [3.8, 4) is 11.8 Å². The number of rotatable bonds is 22. The minimum atomic E-state index is 1.11. The van der Waals surface area contributed by atoms with Crippen molar-refractivity contribution in [2.45, 2.75) is 155 Å². The summed E-state index contributed by atoms with van der Waals surface area (Å²) in [4.78, 5) is 0. The molecule has 0 aromatic heterocycles. The van der Waals surface area contributed by atoms with Crippen LogP contribution < -0.4 is 0 Å². The van der Waals surface area contributed by atoms with E-state index in [1.165, 1.54) is 152 Å². The molecule has 0 saturated carbocycles. The Morgan fingerprint density at radius 3 is 1.42 bits per heavy atom. The molecule has 0 atom stereocenters. The van der Waals surface area contributed by atoms with Gasteiger partial charge in [-0.25, -0.2) is 0 Å². The minimum absolute atomic E-state index is 1.11. The van der Waals surface area contributed by atoms with E-state index in [-0.39, 0.29) is 0 Å². The zero-order chi connectivity index (χ0) is 26.9. The molecule has 38 heavy (non-hydrogen) atoms. The molecule has 0 saturated heterocycles.